The Kier molecular flexibility index (Phi) is 5.51. The average molecular weight is 288 g/mol. The van der Waals surface area contributed by atoms with Crippen LogP contribution in [0.3, 0.4) is 0 Å². The van der Waals surface area contributed by atoms with E-state index in [-0.39, 0.29) is 16.9 Å². The number of nitrogens with one attached hydrogen (secondary N) is 1. The van der Waals surface area contributed by atoms with Crippen molar-refractivity contribution in [2.45, 2.75) is 38.3 Å². The second-order valence-corrected chi connectivity index (χ2v) is 7.05. The van der Waals surface area contributed by atoms with Gasteiger partial charge in [0.2, 0.25) is 10.0 Å². The lowest BCUT2D eigenvalue weighted by Crippen LogP contribution is -2.38. The Balaban J connectivity index is 2.91. The molecule has 0 aliphatic heterocycles. The summed E-state index contributed by atoms with van der Waals surface area (Å²) in [6.07, 6.45) is 2.99. The van der Waals surface area contributed by atoms with Gasteiger partial charge in [-0.3, -0.25) is 4.68 Å². The number of sulfonamides is 1. The van der Waals surface area contributed by atoms with Crippen molar-refractivity contribution in [1.82, 2.24) is 19.4 Å². The zero-order valence-electron chi connectivity index (χ0n) is 12.3. The SMILES string of the molecule is CNCCn1cc(S(=O)(=O)N(C)C(C)C(C)C)cn1. The average Bonchev–Trinajstić information content (AvgIpc) is 2.83. The highest BCUT2D eigenvalue weighted by Crippen LogP contribution is 2.19. The lowest BCUT2D eigenvalue weighted by molar-refractivity contribution is 0.315. The van der Waals surface area contributed by atoms with Gasteiger partial charge in [-0.25, -0.2) is 8.42 Å². The first-order valence-corrected chi connectivity index (χ1v) is 7.89. The predicted molar refractivity (Wildman–Crippen MR) is 75.4 cm³/mol. The standard InChI is InChI=1S/C12H24N4O2S/c1-10(2)11(3)15(5)19(17,18)12-8-14-16(9-12)7-6-13-4/h8-11,13H,6-7H2,1-5H3. The van der Waals surface area contributed by atoms with Crippen LogP contribution in [0.15, 0.2) is 17.3 Å². The molecule has 0 bridgehead atoms. The summed E-state index contributed by atoms with van der Waals surface area (Å²) < 4.78 is 27.9. The molecule has 0 spiro atoms. The van der Waals surface area contributed by atoms with Gasteiger partial charge >= 0.3 is 0 Å². The molecule has 7 heteroatoms. The van der Waals surface area contributed by atoms with Crippen molar-refractivity contribution in [2.24, 2.45) is 5.92 Å². The Morgan fingerprint density at radius 2 is 2.05 bits per heavy atom. The Morgan fingerprint density at radius 1 is 1.42 bits per heavy atom. The van der Waals surface area contributed by atoms with Gasteiger partial charge in [0, 0.05) is 25.8 Å². The Bertz CT molecular complexity index is 496. The number of aromatic nitrogens is 2. The van der Waals surface area contributed by atoms with Crippen LogP contribution in [-0.4, -0.2) is 49.2 Å². The van der Waals surface area contributed by atoms with E-state index in [0.717, 1.165) is 6.54 Å². The molecule has 1 heterocycles. The molecule has 1 rings (SSSR count). The largest absolute Gasteiger partial charge is 0.318 e. The first-order valence-electron chi connectivity index (χ1n) is 6.45. The maximum Gasteiger partial charge on any atom is 0.246 e. The molecule has 1 N–H and O–H groups in total. The second kappa shape index (κ2) is 6.49. The third-order valence-electron chi connectivity index (χ3n) is 3.42. The minimum absolute atomic E-state index is 0.0503. The molecular formula is C12H24N4O2S. The van der Waals surface area contributed by atoms with Gasteiger partial charge in [0.25, 0.3) is 0 Å². The number of hydrogen-bond acceptors (Lipinski definition) is 4. The molecule has 0 amide bonds. The fourth-order valence-corrected chi connectivity index (χ4v) is 3.08. The zero-order valence-corrected chi connectivity index (χ0v) is 13.1. The molecular weight excluding hydrogens is 264 g/mol. The summed E-state index contributed by atoms with van der Waals surface area (Å²) in [5, 5.41) is 7.08. The third-order valence-corrected chi connectivity index (χ3v) is 5.31. The van der Waals surface area contributed by atoms with Crippen LogP contribution < -0.4 is 5.32 Å². The van der Waals surface area contributed by atoms with Crippen LogP contribution in [0.25, 0.3) is 0 Å². The van der Waals surface area contributed by atoms with Crippen molar-refractivity contribution in [2.75, 3.05) is 20.6 Å². The summed E-state index contributed by atoms with van der Waals surface area (Å²) >= 11 is 0. The monoisotopic (exact) mass is 288 g/mol. The molecule has 0 aliphatic rings. The van der Waals surface area contributed by atoms with E-state index in [0.29, 0.717) is 6.54 Å². The van der Waals surface area contributed by atoms with Gasteiger partial charge in [0.05, 0.1) is 12.7 Å². The molecule has 0 aliphatic carbocycles. The van der Waals surface area contributed by atoms with Crippen molar-refractivity contribution in [3.05, 3.63) is 12.4 Å². The molecule has 1 atom stereocenters. The van der Waals surface area contributed by atoms with Crippen LogP contribution in [0.5, 0.6) is 0 Å². The van der Waals surface area contributed by atoms with E-state index in [1.807, 2.05) is 27.8 Å². The van der Waals surface area contributed by atoms with E-state index in [2.05, 4.69) is 10.4 Å². The summed E-state index contributed by atoms with van der Waals surface area (Å²) in [6.45, 7) is 7.32. The molecule has 0 aromatic carbocycles. The Hall–Kier alpha value is -0.920. The molecule has 0 fully saturated rings. The van der Waals surface area contributed by atoms with Gasteiger partial charge in [-0.05, 0) is 19.9 Å². The van der Waals surface area contributed by atoms with Crippen LogP contribution in [0.2, 0.25) is 0 Å². The zero-order chi connectivity index (χ0) is 14.6. The quantitative estimate of drug-likeness (QED) is 0.804. The predicted octanol–water partition coefficient (Wildman–Crippen LogP) is 0.767. The molecule has 0 radical (unpaired) electrons. The lowest BCUT2D eigenvalue weighted by atomic mass is 10.1. The number of rotatable bonds is 7. The highest BCUT2D eigenvalue weighted by Gasteiger charge is 2.28. The smallest absolute Gasteiger partial charge is 0.246 e. The summed E-state index contributed by atoms with van der Waals surface area (Å²) in [7, 11) is 0.00464. The van der Waals surface area contributed by atoms with E-state index in [1.165, 1.54) is 10.5 Å². The third kappa shape index (κ3) is 3.77. The highest BCUT2D eigenvalue weighted by molar-refractivity contribution is 7.89. The van der Waals surface area contributed by atoms with E-state index in [1.54, 1.807) is 17.9 Å². The summed E-state index contributed by atoms with van der Waals surface area (Å²) in [5.74, 6) is 0.263. The Morgan fingerprint density at radius 3 is 2.58 bits per heavy atom. The molecule has 0 saturated heterocycles. The van der Waals surface area contributed by atoms with Crippen molar-refractivity contribution in [1.29, 1.82) is 0 Å². The summed E-state index contributed by atoms with van der Waals surface area (Å²) in [6, 6.07) is -0.0503. The number of hydrogen-bond donors (Lipinski definition) is 1. The van der Waals surface area contributed by atoms with E-state index < -0.39 is 10.0 Å². The molecule has 1 aromatic rings. The summed E-state index contributed by atoms with van der Waals surface area (Å²) in [4.78, 5) is 0.249. The first-order chi connectivity index (χ1) is 8.80. The van der Waals surface area contributed by atoms with Crippen LogP contribution in [0, 0.1) is 5.92 Å². The summed E-state index contributed by atoms with van der Waals surface area (Å²) in [5.41, 5.74) is 0. The normalized spacial score (nSPS) is 14.3. The van der Waals surface area contributed by atoms with Crippen molar-refractivity contribution < 1.29 is 8.42 Å². The Labute approximate surface area is 115 Å². The van der Waals surface area contributed by atoms with Crippen molar-refractivity contribution in [3.63, 3.8) is 0 Å². The topological polar surface area (TPSA) is 67.2 Å². The van der Waals surface area contributed by atoms with Gasteiger partial charge in [0.1, 0.15) is 4.90 Å². The first kappa shape index (κ1) is 16.1. The van der Waals surface area contributed by atoms with Crippen LogP contribution in [0.1, 0.15) is 20.8 Å². The molecule has 6 nitrogen and oxygen atoms in total. The van der Waals surface area contributed by atoms with E-state index in [4.69, 9.17) is 0 Å². The highest BCUT2D eigenvalue weighted by atomic mass is 32.2. The van der Waals surface area contributed by atoms with Crippen LogP contribution in [0.4, 0.5) is 0 Å². The van der Waals surface area contributed by atoms with E-state index >= 15 is 0 Å². The molecule has 110 valence electrons. The molecule has 1 aromatic heterocycles. The maximum absolute atomic E-state index is 12.4. The van der Waals surface area contributed by atoms with Crippen molar-refractivity contribution >= 4 is 10.0 Å². The minimum atomic E-state index is -3.46. The molecule has 1 unspecified atom stereocenters. The van der Waals surface area contributed by atoms with Crippen LogP contribution >= 0.6 is 0 Å². The lowest BCUT2D eigenvalue weighted by Gasteiger charge is -2.26. The van der Waals surface area contributed by atoms with Gasteiger partial charge in [0.15, 0.2) is 0 Å². The van der Waals surface area contributed by atoms with E-state index in [9.17, 15) is 8.42 Å². The molecule has 0 saturated carbocycles. The maximum atomic E-state index is 12.4. The second-order valence-electron chi connectivity index (χ2n) is 5.05. The fourth-order valence-electron chi connectivity index (χ4n) is 1.63. The number of nitrogens with zero attached hydrogens (tertiary/aromatic N) is 3. The minimum Gasteiger partial charge on any atom is -0.318 e. The van der Waals surface area contributed by atoms with Gasteiger partial charge < -0.3 is 5.32 Å². The van der Waals surface area contributed by atoms with Crippen LogP contribution in [-0.2, 0) is 16.6 Å². The van der Waals surface area contributed by atoms with Gasteiger partial charge in [-0.15, -0.1) is 0 Å². The molecule has 19 heavy (non-hydrogen) atoms. The van der Waals surface area contributed by atoms with Gasteiger partial charge in [-0.2, -0.15) is 9.40 Å². The van der Waals surface area contributed by atoms with Crippen molar-refractivity contribution in [3.8, 4) is 0 Å². The number of likely N-dealkylation sites (N-methyl/N-ethyl adjacent to an activating group) is 1. The van der Waals surface area contributed by atoms with Gasteiger partial charge in [-0.1, -0.05) is 13.8 Å². The fraction of sp³-hybridized carbons (Fsp3) is 0.750.